The highest BCUT2D eigenvalue weighted by Gasteiger charge is 2.21. The average molecular weight is 537 g/mol. The van der Waals surface area contributed by atoms with E-state index < -0.39 is 0 Å². The van der Waals surface area contributed by atoms with E-state index in [0.717, 1.165) is 5.56 Å². The van der Waals surface area contributed by atoms with E-state index in [1.165, 1.54) is 27.1 Å². The molecule has 5 aromatic heterocycles. The molecule has 6 rings (SSSR count). The van der Waals surface area contributed by atoms with Crippen molar-refractivity contribution in [1.29, 1.82) is 5.41 Å². The number of nitrogens with zero attached hydrogens (tertiary/aromatic N) is 4. The minimum atomic E-state index is -0.240. The first-order valence-electron chi connectivity index (χ1n) is 11.7. The molecule has 0 spiro atoms. The molecule has 0 saturated heterocycles. The van der Waals surface area contributed by atoms with E-state index in [2.05, 4.69) is 16.9 Å². The van der Waals surface area contributed by atoms with E-state index in [0.29, 0.717) is 42.8 Å². The average Bonchev–Trinajstić information content (AvgIpc) is 3.62. The molecule has 0 aliphatic rings. The highest BCUT2D eigenvalue weighted by molar-refractivity contribution is 7.19. The molecule has 5 heterocycles. The molecule has 6 aromatic rings. The standard InChI is InChI=1S/C28H20N6O2S2/c1-2-13-34-23(29)18(16-19-24(34)30-21-12-6-7-14-33(21)28(19)36)26-31-22(17-9-4-3-5-10-17)27(38-26)32-25(35)20-11-8-15-37-20/h2-12,14-16,29H,1,13H2,(H,32,35). The molecule has 0 aliphatic carbocycles. The van der Waals surface area contributed by atoms with Crippen molar-refractivity contribution in [2.45, 2.75) is 6.54 Å². The Hall–Kier alpha value is -4.67. The number of rotatable bonds is 6. The van der Waals surface area contributed by atoms with Crippen molar-refractivity contribution in [3.05, 3.63) is 112 Å². The number of thiazole rings is 1. The zero-order chi connectivity index (χ0) is 26.2. The third-order valence-corrected chi connectivity index (χ3v) is 7.88. The molecule has 0 bridgehead atoms. The Kier molecular flexibility index (Phi) is 6.02. The van der Waals surface area contributed by atoms with Gasteiger partial charge in [-0.25, -0.2) is 9.97 Å². The van der Waals surface area contributed by atoms with Crippen LogP contribution in [0.3, 0.4) is 0 Å². The van der Waals surface area contributed by atoms with Gasteiger partial charge in [0.2, 0.25) is 0 Å². The molecule has 0 saturated carbocycles. The first-order chi connectivity index (χ1) is 18.5. The van der Waals surface area contributed by atoms with Crippen molar-refractivity contribution >= 4 is 50.3 Å². The van der Waals surface area contributed by atoms with Crippen molar-refractivity contribution < 1.29 is 4.79 Å². The Morgan fingerprint density at radius 2 is 1.89 bits per heavy atom. The van der Waals surface area contributed by atoms with Gasteiger partial charge >= 0.3 is 0 Å². The number of nitrogens with one attached hydrogen (secondary N) is 2. The number of carbonyl (C=O) groups excluding carboxylic acids is 1. The van der Waals surface area contributed by atoms with Gasteiger partial charge in [0.15, 0.2) is 0 Å². The largest absolute Gasteiger partial charge is 0.311 e. The van der Waals surface area contributed by atoms with Gasteiger partial charge in [0.25, 0.3) is 11.5 Å². The summed E-state index contributed by atoms with van der Waals surface area (Å²) in [4.78, 5) is 36.5. The molecule has 10 heteroatoms. The molecule has 0 radical (unpaired) electrons. The predicted molar refractivity (Wildman–Crippen MR) is 152 cm³/mol. The number of benzene rings is 1. The molecular weight excluding hydrogens is 516 g/mol. The van der Waals surface area contributed by atoms with E-state index in [9.17, 15) is 9.59 Å². The Morgan fingerprint density at radius 3 is 2.66 bits per heavy atom. The van der Waals surface area contributed by atoms with Gasteiger partial charge in [0.1, 0.15) is 32.5 Å². The fourth-order valence-corrected chi connectivity index (χ4v) is 5.86. The summed E-state index contributed by atoms with van der Waals surface area (Å²) in [5.41, 5.74) is 2.70. The smallest absolute Gasteiger partial charge is 0.267 e. The molecule has 0 unspecified atom stereocenters. The third kappa shape index (κ3) is 4.05. The molecule has 186 valence electrons. The topological polar surface area (TPSA) is 105 Å². The number of carbonyl (C=O) groups is 1. The van der Waals surface area contributed by atoms with Crippen LogP contribution in [0, 0.1) is 5.41 Å². The van der Waals surface area contributed by atoms with Gasteiger partial charge in [0.05, 0.1) is 15.8 Å². The van der Waals surface area contributed by atoms with Crippen LogP contribution in [0.2, 0.25) is 0 Å². The third-order valence-electron chi connectivity index (χ3n) is 6.01. The van der Waals surface area contributed by atoms with Crippen LogP contribution in [-0.4, -0.2) is 24.8 Å². The van der Waals surface area contributed by atoms with Crippen molar-refractivity contribution in [2.75, 3.05) is 5.32 Å². The molecule has 1 aromatic carbocycles. The maximum absolute atomic E-state index is 13.5. The quantitative estimate of drug-likeness (QED) is 0.219. The highest BCUT2D eigenvalue weighted by atomic mass is 32.1. The normalized spacial score (nSPS) is 11.2. The first-order valence-corrected chi connectivity index (χ1v) is 13.4. The molecule has 1 amide bonds. The summed E-state index contributed by atoms with van der Waals surface area (Å²) in [5.74, 6) is -0.229. The molecule has 8 nitrogen and oxygen atoms in total. The van der Waals surface area contributed by atoms with E-state index >= 15 is 0 Å². The maximum Gasteiger partial charge on any atom is 0.267 e. The van der Waals surface area contributed by atoms with Gasteiger partial charge in [-0.15, -0.1) is 17.9 Å². The number of hydrogen-bond donors (Lipinski definition) is 2. The second kappa shape index (κ2) is 9.66. The van der Waals surface area contributed by atoms with Crippen LogP contribution in [0.25, 0.3) is 38.5 Å². The molecule has 0 atom stereocenters. The van der Waals surface area contributed by atoms with Crippen molar-refractivity contribution in [3.63, 3.8) is 0 Å². The van der Waals surface area contributed by atoms with Crippen molar-refractivity contribution in [3.8, 4) is 21.8 Å². The van der Waals surface area contributed by atoms with Crippen LogP contribution < -0.4 is 16.4 Å². The summed E-state index contributed by atoms with van der Waals surface area (Å²) < 4.78 is 3.14. The van der Waals surface area contributed by atoms with Crippen LogP contribution in [-0.2, 0) is 6.54 Å². The van der Waals surface area contributed by atoms with Crippen molar-refractivity contribution in [2.24, 2.45) is 0 Å². The number of anilines is 1. The number of hydrogen-bond acceptors (Lipinski definition) is 7. The monoisotopic (exact) mass is 536 g/mol. The molecule has 0 aliphatic heterocycles. The Balaban J connectivity index is 1.59. The van der Waals surface area contributed by atoms with E-state index in [1.54, 1.807) is 41.1 Å². The highest BCUT2D eigenvalue weighted by Crippen LogP contribution is 2.38. The van der Waals surface area contributed by atoms with E-state index in [4.69, 9.17) is 10.4 Å². The van der Waals surface area contributed by atoms with E-state index in [1.807, 2.05) is 47.8 Å². The minimum Gasteiger partial charge on any atom is -0.311 e. The second-order valence-electron chi connectivity index (χ2n) is 8.38. The van der Waals surface area contributed by atoms with Crippen molar-refractivity contribution in [1.82, 2.24) is 18.9 Å². The Labute approximate surface area is 224 Å². The summed E-state index contributed by atoms with van der Waals surface area (Å²) in [5, 5.41) is 15.3. The van der Waals surface area contributed by atoms with Crippen LogP contribution in [0.5, 0.6) is 0 Å². The Bertz CT molecular complexity index is 1950. The summed E-state index contributed by atoms with van der Waals surface area (Å²) >= 11 is 2.62. The van der Waals surface area contributed by atoms with Crippen LogP contribution in [0.15, 0.2) is 95.8 Å². The lowest BCUT2D eigenvalue weighted by molar-refractivity contribution is 0.103. The predicted octanol–water partition coefficient (Wildman–Crippen LogP) is 5.42. The summed E-state index contributed by atoms with van der Waals surface area (Å²) in [7, 11) is 0. The number of thiophene rings is 1. The van der Waals surface area contributed by atoms with Gasteiger partial charge in [-0.3, -0.25) is 19.4 Å². The van der Waals surface area contributed by atoms with Crippen LogP contribution in [0.4, 0.5) is 5.00 Å². The van der Waals surface area contributed by atoms with Gasteiger partial charge < -0.3 is 9.88 Å². The van der Waals surface area contributed by atoms with Gasteiger partial charge in [0, 0.05) is 18.3 Å². The SMILES string of the molecule is C=CCn1c(=N)c(-c2nc(-c3ccccc3)c(NC(=O)c3cccs3)s2)cc2c(=O)n3ccccc3nc21. The fourth-order valence-electron chi connectivity index (χ4n) is 4.24. The summed E-state index contributed by atoms with van der Waals surface area (Å²) in [6, 6.07) is 20.2. The number of amides is 1. The minimum absolute atomic E-state index is 0.147. The number of aromatic nitrogens is 4. The van der Waals surface area contributed by atoms with Gasteiger partial charge in [-0.05, 0) is 29.6 Å². The second-order valence-corrected chi connectivity index (χ2v) is 10.3. The van der Waals surface area contributed by atoms with Gasteiger partial charge in [-0.1, -0.05) is 59.9 Å². The zero-order valence-corrected chi connectivity index (χ0v) is 21.6. The molecule has 2 N–H and O–H groups in total. The molecule has 38 heavy (non-hydrogen) atoms. The Morgan fingerprint density at radius 1 is 1.08 bits per heavy atom. The zero-order valence-electron chi connectivity index (χ0n) is 19.9. The number of pyridine rings is 2. The number of fused-ring (bicyclic) bond motifs is 2. The fraction of sp³-hybridized carbons (Fsp3) is 0.0357. The summed E-state index contributed by atoms with van der Waals surface area (Å²) in [6.07, 6.45) is 3.34. The van der Waals surface area contributed by atoms with E-state index in [-0.39, 0.29) is 23.5 Å². The lowest BCUT2D eigenvalue weighted by Gasteiger charge is -2.12. The van der Waals surface area contributed by atoms with Gasteiger partial charge in [-0.2, -0.15) is 0 Å². The number of allylic oxidation sites excluding steroid dienone is 1. The van der Waals surface area contributed by atoms with Crippen LogP contribution >= 0.6 is 22.7 Å². The molecular formula is C28H20N6O2S2. The molecule has 0 fully saturated rings. The summed E-state index contributed by atoms with van der Waals surface area (Å²) in [6.45, 7) is 4.12. The first kappa shape index (κ1) is 23.7. The lowest BCUT2D eigenvalue weighted by Crippen LogP contribution is -2.26. The van der Waals surface area contributed by atoms with Crippen LogP contribution in [0.1, 0.15) is 9.67 Å². The maximum atomic E-state index is 13.5. The lowest BCUT2D eigenvalue weighted by atomic mass is 10.1.